The second kappa shape index (κ2) is 20.0. The first-order valence-corrected chi connectivity index (χ1v) is 23.6. The first-order chi connectivity index (χ1) is 30.1. The van der Waals surface area contributed by atoms with Gasteiger partial charge < -0.3 is 44.5 Å². The number of epoxide rings is 1. The molecule has 2 amide bonds. The summed E-state index contributed by atoms with van der Waals surface area (Å²) in [4.78, 5) is 62.6. The monoisotopic (exact) mass is 882 g/mol. The highest BCUT2D eigenvalue weighted by Gasteiger charge is 2.76. The molecule has 4 aliphatic heterocycles. The Morgan fingerprint density at radius 3 is 2.30 bits per heavy atom. The molecule has 4 heterocycles. The third-order valence-corrected chi connectivity index (χ3v) is 13.7. The highest BCUT2D eigenvalue weighted by molar-refractivity contribution is 5.96. The van der Waals surface area contributed by atoms with Gasteiger partial charge in [-0.15, -0.1) is 0 Å². The van der Waals surface area contributed by atoms with Crippen molar-refractivity contribution in [3.05, 3.63) is 41.5 Å². The molecule has 0 aromatic heterocycles. The van der Waals surface area contributed by atoms with Gasteiger partial charge in [0.2, 0.25) is 11.8 Å². The van der Waals surface area contributed by atoms with Crippen molar-refractivity contribution in [2.45, 2.75) is 210 Å². The number of aliphatic hydroxyl groups is 2. The van der Waals surface area contributed by atoms with Gasteiger partial charge in [-0.2, -0.15) is 5.06 Å². The number of ether oxygens (including phenoxy) is 5. The number of rotatable bonds is 21. The number of benzene rings is 1. The fourth-order valence-corrected chi connectivity index (χ4v) is 10.3. The summed E-state index contributed by atoms with van der Waals surface area (Å²) < 4.78 is 31.2. The topological polar surface area (TPSA) is 195 Å². The summed E-state index contributed by atoms with van der Waals surface area (Å²) in [5.74, 6) is -3.03. The Hall–Kier alpha value is -3.44. The lowest BCUT2D eigenvalue weighted by molar-refractivity contribution is -0.224. The third kappa shape index (κ3) is 10.8. The fourth-order valence-electron chi connectivity index (χ4n) is 10.3. The Morgan fingerprint density at radius 1 is 0.968 bits per heavy atom. The second-order valence-corrected chi connectivity index (χ2v) is 19.8. The number of unbranched alkanes of at least 4 members (excludes halogenated alkanes) is 4. The number of amides is 2. The Kier molecular flexibility index (Phi) is 15.1. The molecule has 0 spiro atoms. The van der Waals surface area contributed by atoms with Crippen LogP contribution in [0.25, 0.3) is 6.08 Å². The summed E-state index contributed by atoms with van der Waals surface area (Å²) in [6, 6.07) is 4.44. The SMILES string of the molecule is CCCCCC1(CCCCC)O[C@@H]2[C@H]3ON(Cc4ccc(C=CC5CCC6OC6C5)cc4)[C@H]4C(=O)OC(CC34C(=O)N[C@@H](C(=O)N[C@H](CO)CCC(=O)OC(C)(C)C)[C@H](C)O)[C@@H]2O1. The van der Waals surface area contributed by atoms with Gasteiger partial charge in [0.05, 0.1) is 37.5 Å². The Morgan fingerprint density at radius 2 is 1.67 bits per heavy atom. The number of hydrogen-bond acceptors (Lipinski definition) is 13. The lowest BCUT2D eigenvalue weighted by Crippen LogP contribution is -2.71. The number of nitrogens with one attached hydrogen (secondary N) is 2. The lowest BCUT2D eigenvalue weighted by atomic mass is 9.62. The van der Waals surface area contributed by atoms with Crippen LogP contribution in [0.2, 0.25) is 0 Å². The minimum atomic E-state index is -1.60. The van der Waals surface area contributed by atoms with Crippen molar-refractivity contribution in [3.8, 4) is 0 Å². The molecule has 6 aliphatic rings. The molecular formula is C48H71N3O12. The summed E-state index contributed by atoms with van der Waals surface area (Å²) in [6.45, 7) is 10.6. The average Bonchev–Trinajstić information content (AvgIpc) is 3.78. The average molecular weight is 882 g/mol. The van der Waals surface area contributed by atoms with E-state index in [9.17, 15) is 24.6 Å². The third-order valence-electron chi connectivity index (χ3n) is 13.7. The van der Waals surface area contributed by atoms with Crippen LogP contribution < -0.4 is 10.6 Å². The number of hydroxylamine groups is 2. The molecule has 350 valence electrons. The molecule has 63 heavy (non-hydrogen) atoms. The zero-order chi connectivity index (χ0) is 45.1. The van der Waals surface area contributed by atoms with Gasteiger partial charge in [0.15, 0.2) is 11.8 Å². The molecule has 12 atom stereocenters. The van der Waals surface area contributed by atoms with Crippen LogP contribution in [0.5, 0.6) is 0 Å². The molecule has 5 unspecified atom stereocenters. The van der Waals surface area contributed by atoms with Gasteiger partial charge in [0.25, 0.3) is 0 Å². The van der Waals surface area contributed by atoms with Crippen LogP contribution in [-0.4, -0.2) is 118 Å². The van der Waals surface area contributed by atoms with E-state index in [2.05, 4.69) is 36.6 Å². The molecular weight excluding hydrogens is 811 g/mol. The number of nitrogens with zero attached hydrogens (tertiary/aromatic N) is 1. The molecule has 15 heteroatoms. The van der Waals surface area contributed by atoms with Gasteiger partial charge in [0, 0.05) is 25.7 Å². The standard InChI is InChI=1S/C48H71N3O12/c1-7-9-11-23-47(24-12-10-8-2)61-39-36-26-48(45(57)50-38(29(3)53)43(55)49-33(28-52)20-22-37(54)60-46(4,5)6)41(44(56)59-36)51(63-42(48)40(39)62-47)27-32-17-14-30(15-18-32)13-16-31-19-21-34-35(25-31)58-34/h13-18,29,31,33-36,38-42,52-53H,7-12,19-28H2,1-6H3,(H,49,55)(H,50,57)/t29-,31?,33-,34?,35?,36?,38+,39-,40-,41-,42+,48?/m0/s1. The highest BCUT2D eigenvalue weighted by atomic mass is 16.8. The Bertz CT molecular complexity index is 1790. The minimum absolute atomic E-state index is 0.0434. The van der Waals surface area contributed by atoms with Crippen LogP contribution in [0.15, 0.2) is 30.3 Å². The summed E-state index contributed by atoms with van der Waals surface area (Å²) in [5.41, 5.74) is -0.408. The van der Waals surface area contributed by atoms with Crippen molar-refractivity contribution < 1.29 is 57.9 Å². The number of carbonyl (C=O) groups excluding carboxylic acids is 4. The molecule has 2 saturated carbocycles. The quantitative estimate of drug-likeness (QED) is 0.0719. The number of esters is 2. The van der Waals surface area contributed by atoms with Crippen LogP contribution >= 0.6 is 0 Å². The Labute approximate surface area is 372 Å². The largest absolute Gasteiger partial charge is 0.460 e. The van der Waals surface area contributed by atoms with Crippen LogP contribution in [0, 0.1) is 11.3 Å². The minimum Gasteiger partial charge on any atom is -0.460 e. The first kappa shape index (κ1) is 47.5. The summed E-state index contributed by atoms with van der Waals surface area (Å²) in [6.07, 6.45) is 10.9. The zero-order valence-corrected chi connectivity index (χ0v) is 38.1. The smallest absolute Gasteiger partial charge is 0.327 e. The Balaban J connectivity index is 1.14. The predicted molar refractivity (Wildman–Crippen MR) is 231 cm³/mol. The molecule has 4 saturated heterocycles. The normalized spacial score (nSPS) is 32.0. The fraction of sp³-hybridized carbons (Fsp3) is 0.750. The molecule has 0 radical (unpaired) electrons. The van der Waals surface area contributed by atoms with Crippen LogP contribution in [0.4, 0.5) is 0 Å². The van der Waals surface area contributed by atoms with Crippen LogP contribution in [0.3, 0.4) is 0 Å². The maximum absolute atomic E-state index is 15.2. The summed E-state index contributed by atoms with van der Waals surface area (Å²) in [5, 5.41) is 28.2. The molecule has 1 aromatic rings. The van der Waals surface area contributed by atoms with E-state index < -0.39 is 95.8 Å². The lowest BCUT2D eigenvalue weighted by Gasteiger charge is -2.49. The van der Waals surface area contributed by atoms with E-state index in [0.717, 1.165) is 68.9 Å². The van der Waals surface area contributed by atoms with Gasteiger partial charge in [-0.1, -0.05) is 75.9 Å². The van der Waals surface area contributed by atoms with Crippen LogP contribution in [-0.2, 0) is 54.2 Å². The number of carbonyl (C=O) groups is 4. The van der Waals surface area contributed by atoms with Crippen molar-refractivity contribution >= 4 is 29.8 Å². The number of fused-ring (bicyclic) bond motifs is 5. The van der Waals surface area contributed by atoms with Crippen molar-refractivity contribution in [1.82, 2.24) is 15.7 Å². The van der Waals surface area contributed by atoms with E-state index in [4.69, 9.17) is 28.5 Å². The van der Waals surface area contributed by atoms with Crippen molar-refractivity contribution in [3.63, 3.8) is 0 Å². The number of aliphatic hydroxyl groups excluding tert-OH is 2. The molecule has 7 rings (SSSR count). The van der Waals surface area contributed by atoms with Crippen LogP contribution in [0.1, 0.15) is 143 Å². The van der Waals surface area contributed by atoms with Crippen molar-refractivity contribution in [2.24, 2.45) is 11.3 Å². The van der Waals surface area contributed by atoms with Gasteiger partial charge in [0.1, 0.15) is 41.5 Å². The van der Waals surface area contributed by atoms with E-state index in [-0.39, 0.29) is 25.8 Å². The maximum Gasteiger partial charge on any atom is 0.327 e. The molecule has 2 aliphatic carbocycles. The number of hydrogen-bond donors (Lipinski definition) is 4. The van der Waals surface area contributed by atoms with Crippen molar-refractivity contribution in [1.29, 1.82) is 0 Å². The number of allylic oxidation sites excluding steroid dienone is 1. The molecule has 15 nitrogen and oxygen atoms in total. The van der Waals surface area contributed by atoms with Crippen molar-refractivity contribution in [2.75, 3.05) is 6.61 Å². The van der Waals surface area contributed by atoms with E-state index in [1.165, 1.54) is 12.0 Å². The first-order valence-electron chi connectivity index (χ1n) is 23.6. The van der Waals surface area contributed by atoms with Gasteiger partial charge in [-0.05, 0) is 83.3 Å². The van der Waals surface area contributed by atoms with E-state index >= 15 is 4.79 Å². The highest BCUT2D eigenvalue weighted by Crippen LogP contribution is 2.58. The summed E-state index contributed by atoms with van der Waals surface area (Å²) >= 11 is 0. The van der Waals surface area contributed by atoms with E-state index in [1.54, 1.807) is 20.8 Å². The van der Waals surface area contributed by atoms with E-state index in [1.807, 2.05) is 24.3 Å². The van der Waals surface area contributed by atoms with Gasteiger partial charge in [-0.3, -0.25) is 24.0 Å². The van der Waals surface area contributed by atoms with E-state index in [0.29, 0.717) is 31.0 Å². The maximum atomic E-state index is 15.2. The summed E-state index contributed by atoms with van der Waals surface area (Å²) in [7, 11) is 0. The van der Waals surface area contributed by atoms with Gasteiger partial charge >= 0.3 is 11.9 Å². The predicted octanol–water partition coefficient (Wildman–Crippen LogP) is 5.17. The molecule has 2 bridgehead atoms. The second-order valence-electron chi connectivity index (χ2n) is 19.8. The zero-order valence-electron chi connectivity index (χ0n) is 38.1. The van der Waals surface area contributed by atoms with Gasteiger partial charge in [-0.25, -0.2) is 0 Å². The molecule has 1 aromatic carbocycles. The molecule has 6 fully saturated rings. The molecule has 4 N–H and O–H groups in total.